The third-order valence-corrected chi connectivity index (χ3v) is 3.89. The summed E-state index contributed by atoms with van der Waals surface area (Å²) in [5, 5.41) is 9.21. The molecule has 0 spiro atoms. The molecule has 2 aromatic rings. The molecule has 3 nitrogen and oxygen atoms in total. The zero-order valence-electron chi connectivity index (χ0n) is 11.2. The molecule has 0 unspecified atom stereocenters. The van der Waals surface area contributed by atoms with Crippen molar-refractivity contribution in [3.8, 4) is 11.5 Å². The van der Waals surface area contributed by atoms with Crippen LogP contribution in [0.5, 0.6) is 11.5 Å². The molecule has 0 aliphatic carbocycles. The number of hydrogen-bond acceptors (Lipinski definition) is 3. The molecular weight excluding hydrogens is 363 g/mol. The van der Waals surface area contributed by atoms with E-state index in [1.165, 1.54) is 13.2 Å². The predicted molar refractivity (Wildman–Crippen MR) is 82.4 cm³/mol. The number of benzene rings is 2. The summed E-state index contributed by atoms with van der Waals surface area (Å²) in [6.07, 6.45) is 0. The Morgan fingerprint density at radius 3 is 2.76 bits per heavy atom. The third kappa shape index (κ3) is 3.67. The Labute approximate surface area is 135 Å². The summed E-state index contributed by atoms with van der Waals surface area (Å²) >= 11 is 9.25. The molecule has 0 saturated carbocycles. The maximum Gasteiger partial charge on any atom is 0.175 e. The minimum absolute atomic E-state index is 0.0413. The number of methoxy groups -OCH3 is 1. The Hall–Kier alpha value is -1.30. The summed E-state index contributed by atoms with van der Waals surface area (Å²) in [5.74, 6) is 0.454. The second-order valence-electron chi connectivity index (χ2n) is 4.27. The number of rotatable bonds is 5. The summed E-state index contributed by atoms with van der Waals surface area (Å²) in [7, 11) is 1.50. The molecule has 1 N–H and O–H groups in total. The quantitative estimate of drug-likeness (QED) is 0.846. The van der Waals surface area contributed by atoms with Gasteiger partial charge in [-0.25, -0.2) is 4.39 Å². The average Bonchev–Trinajstić information content (AvgIpc) is 2.49. The van der Waals surface area contributed by atoms with Crippen LogP contribution in [0.1, 0.15) is 11.1 Å². The highest BCUT2D eigenvalue weighted by Crippen LogP contribution is 2.37. The molecule has 2 rings (SSSR count). The van der Waals surface area contributed by atoms with E-state index in [-0.39, 0.29) is 18.2 Å². The number of halogens is 3. The van der Waals surface area contributed by atoms with Gasteiger partial charge in [0.2, 0.25) is 0 Å². The summed E-state index contributed by atoms with van der Waals surface area (Å²) < 4.78 is 24.9. The second-order valence-corrected chi connectivity index (χ2v) is 5.50. The van der Waals surface area contributed by atoms with Gasteiger partial charge in [0.25, 0.3) is 0 Å². The minimum Gasteiger partial charge on any atom is -0.493 e. The van der Waals surface area contributed by atoms with Crippen LogP contribution in [-0.4, -0.2) is 12.2 Å². The average molecular weight is 376 g/mol. The van der Waals surface area contributed by atoms with E-state index >= 15 is 0 Å². The summed E-state index contributed by atoms with van der Waals surface area (Å²) in [4.78, 5) is 0. The maximum absolute atomic E-state index is 13.4. The van der Waals surface area contributed by atoms with E-state index in [0.29, 0.717) is 27.1 Å². The van der Waals surface area contributed by atoms with Gasteiger partial charge in [0.1, 0.15) is 12.4 Å². The molecule has 112 valence electrons. The molecule has 0 saturated heterocycles. The first kappa shape index (κ1) is 16.1. The third-order valence-electron chi connectivity index (χ3n) is 2.88. The molecule has 0 aliphatic rings. The number of aliphatic hydroxyl groups is 1. The van der Waals surface area contributed by atoms with Crippen molar-refractivity contribution in [1.29, 1.82) is 0 Å². The Bertz CT molecular complexity index is 649. The smallest absolute Gasteiger partial charge is 0.175 e. The molecule has 0 bridgehead atoms. The normalized spacial score (nSPS) is 10.5. The summed E-state index contributed by atoms with van der Waals surface area (Å²) in [6.45, 7) is -0.00497. The molecule has 0 aromatic heterocycles. The van der Waals surface area contributed by atoms with Crippen LogP contribution >= 0.6 is 27.5 Å². The minimum atomic E-state index is -0.487. The van der Waals surface area contributed by atoms with Gasteiger partial charge in [-0.2, -0.15) is 0 Å². The van der Waals surface area contributed by atoms with Crippen LogP contribution in [0.25, 0.3) is 0 Å². The van der Waals surface area contributed by atoms with E-state index in [4.69, 9.17) is 21.1 Å². The zero-order valence-corrected chi connectivity index (χ0v) is 13.5. The molecule has 2 aromatic carbocycles. The molecule has 0 aliphatic heterocycles. The fourth-order valence-corrected chi connectivity index (χ4v) is 2.60. The van der Waals surface area contributed by atoms with Crippen molar-refractivity contribution in [2.75, 3.05) is 7.11 Å². The van der Waals surface area contributed by atoms with Gasteiger partial charge in [0, 0.05) is 5.56 Å². The lowest BCUT2D eigenvalue weighted by atomic mass is 10.2. The highest BCUT2D eigenvalue weighted by molar-refractivity contribution is 9.10. The van der Waals surface area contributed by atoms with Crippen LogP contribution in [0.2, 0.25) is 5.02 Å². The standard InChI is InChI=1S/C15H13BrClFO3/c1-20-13-6-9(7-19)5-11(16)15(13)21-8-10-3-2-4-12(18)14(10)17/h2-6,19H,7-8H2,1H3. The van der Waals surface area contributed by atoms with Crippen molar-refractivity contribution >= 4 is 27.5 Å². The molecule has 0 fully saturated rings. The Morgan fingerprint density at radius 1 is 1.33 bits per heavy atom. The van der Waals surface area contributed by atoms with Gasteiger partial charge in [0.15, 0.2) is 11.5 Å². The number of ether oxygens (including phenoxy) is 2. The lowest BCUT2D eigenvalue weighted by molar-refractivity contribution is 0.273. The van der Waals surface area contributed by atoms with Crippen molar-refractivity contribution < 1.29 is 19.0 Å². The first-order chi connectivity index (χ1) is 10.1. The Kier molecular flexibility index (Phi) is 5.45. The molecule has 0 amide bonds. The molecule has 0 heterocycles. The summed E-state index contributed by atoms with van der Waals surface area (Å²) in [6, 6.07) is 7.95. The van der Waals surface area contributed by atoms with Gasteiger partial charge >= 0.3 is 0 Å². The SMILES string of the molecule is COc1cc(CO)cc(Br)c1OCc1cccc(F)c1Cl. The fourth-order valence-electron chi connectivity index (χ4n) is 1.81. The van der Waals surface area contributed by atoms with E-state index in [2.05, 4.69) is 15.9 Å². The molecule has 6 heteroatoms. The lowest BCUT2D eigenvalue weighted by Gasteiger charge is -2.14. The van der Waals surface area contributed by atoms with Crippen molar-refractivity contribution in [3.63, 3.8) is 0 Å². The van der Waals surface area contributed by atoms with E-state index in [1.807, 2.05) is 0 Å². The largest absolute Gasteiger partial charge is 0.493 e. The van der Waals surface area contributed by atoms with Gasteiger partial charge in [-0.3, -0.25) is 0 Å². The van der Waals surface area contributed by atoms with Crippen LogP contribution < -0.4 is 9.47 Å². The molecule has 0 radical (unpaired) electrons. The zero-order chi connectivity index (χ0) is 15.4. The van der Waals surface area contributed by atoms with E-state index < -0.39 is 5.82 Å². The lowest BCUT2D eigenvalue weighted by Crippen LogP contribution is -2.01. The Balaban J connectivity index is 2.25. The van der Waals surface area contributed by atoms with Gasteiger partial charge < -0.3 is 14.6 Å². The topological polar surface area (TPSA) is 38.7 Å². The van der Waals surface area contributed by atoms with E-state index in [0.717, 1.165) is 0 Å². The van der Waals surface area contributed by atoms with Gasteiger partial charge in [-0.15, -0.1) is 0 Å². The van der Waals surface area contributed by atoms with Gasteiger partial charge in [-0.05, 0) is 39.7 Å². The van der Waals surface area contributed by atoms with Crippen LogP contribution in [0.15, 0.2) is 34.8 Å². The number of hydrogen-bond donors (Lipinski definition) is 1. The monoisotopic (exact) mass is 374 g/mol. The predicted octanol–water partition coefficient (Wildman–Crippen LogP) is 4.32. The second kappa shape index (κ2) is 7.11. The van der Waals surface area contributed by atoms with Crippen LogP contribution in [-0.2, 0) is 13.2 Å². The van der Waals surface area contributed by atoms with Gasteiger partial charge in [0.05, 0.1) is 23.2 Å². The Morgan fingerprint density at radius 2 is 2.10 bits per heavy atom. The van der Waals surface area contributed by atoms with Gasteiger partial charge in [-0.1, -0.05) is 23.7 Å². The highest BCUT2D eigenvalue weighted by atomic mass is 79.9. The van der Waals surface area contributed by atoms with Crippen molar-refractivity contribution in [3.05, 3.63) is 56.8 Å². The van der Waals surface area contributed by atoms with Crippen LogP contribution in [0.3, 0.4) is 0 Å². The molecular formula is C15H13BrClFO3. The first-order valence-corrected chi connectivity index (χ1v) is 7.27. The fraction of sp³-hybridized carbons (Fsp3) is 0.200. The molecule has 0 atom stereocenters. The van der Waals surface area contributed by atoms with E-state index in [9.17, 15) is 9.50 Å². The van der Waals surface area contributed by atoms with Crippen LogP contribution in [0, 0.1) is 5.82 Å². The number of aliphatic hydroxyl groups excluding tert-OH is 1. The van der Waals surface area contributed by atoms with Crippen molar-refractivity contribution in [1.82, 2.24) is 0 Å². The maximum atomic E-state index is 13.4. The van der Waals surface area contributed by atoms with E-state index in [1.54, 1.807) is 24.3 Å². The van der Waals surface area contributed by atoms with Crippen LogP contribution in [0.4, 0.5) is 4.39 Å². The van der Waals surface area contributed by atoms with Crippen molar-refractivity contribution in [2.24, 2.45) is 0 Å². The summed E-state index contributed by atoms with van der Waals surface area (Å²) in [5.41, 5.74) is 1.23. The highest BCUT2D eigenvalue weighted by Gasteiger charge is 2.13. The molecule has 21 heavy (non-hydrogen) atoms. The van der Waals surface area contributed by atoms with Crippen molar-refractivity contribution in [2.45, 2.75) is 13.2 Å². The first-order valence-electron chi connectivity index (χ1n) is 6.09.